The summed E-state index contributed by atoms with van der Waals surface area (Å²) < 4.78 is 6.26. The zero-order valence-electron chi connectivity index (χ0n) is 9.37. The molecule has 0 spiro atoms. The standard InChI is InChI=1S/C13H12BrNO2/c1-9-5-6-12(17-9)8-15-13(16)10-3-2-4-11(14)7-10/h2-7H,8H2,1H3,(H,15,16). The Morgan fingerprint density at radius 2 is 2.18 bits per heavy atom. The van der Waals surface area contributed by atoms with E-state index in [0.29, 0.717) is 12.1 Å². The van der Waals surface area contributed by atoms with E-state index >= 15 is 0 Å². The van der Waals surface area contributed by atoms with Gasteiger partial charge in [0.2, 0.25) is 0 Å². The highest BCUT2D eigenvalue weighted by Gasteiger charge is 2.06. The SMILES string of the molecule is Cc1ccc(CNC(=O)c2cccc(Br)c2)o1. The van der Waals surface area contributed by atoms with Gasteiger partial charge in [-0.25, -0.2) is 0 Å². The minimum Gasteiger partial charge on any atom is -0.465 e. The van der Waals surface area contributed by atoms with Crippen LogP contribution in [0, 0.1) is 6.92 Å². The maximum absolute atomic E-state index is 11.8. The Morgan fingerprint density at radius 3 is 2.82 bits per heavy atom. The second-order valence-corrected chi connectivity index (χ2v) is 4.62. The highest BCUT2D eigenvalue weighted by atomic mass is 79.9. The Balaban J connectivity index is 1.98. The topological polar surface area (TPSA) is 42.2 Å². The van der Waals surface area contributed by atoms with Crippen LogP contribution in [0.5, 0.6) is 0 Å². The number of aryl methyl sites for hydroxylation is 1. The van der Waals surface area contributed by atoms with Gasteiger partial charge in [-0.05, 0) is 37.3 Å². The number of nitrogens with one attached hydrogen (secondary N) is 1. The third kappa shape index (κ3) is 3.20. The van der Waals surface area contributed by atoms with E-state index in [9.17, 15) is 4.79 Å². The summed E-state index contributed by atoms with van der Waals surface area (Å²) in [7, 11) is 0. The minimum absolute atomic E-state index is 0.111. The van der Waals surface area contributed by atoms with Crippen LogP contribution in [-0.2, 0) is 6.54 Å². The van der Waals surface area contributed by atoms with Gasteiger partial charge in [0.15, 0.2) is 0 Å². The predicted molar refractivity (Wildman–Crippen MR) is 68.8 cm³/mol. The van der Waals surface area contributed by atoms with Gasteiger partial charge in [0.05, 0.1) is 6.54 Å². The number of benzene rings is 1. The van der Waals surface area contributed by atoms with Crippen molar-refractivity contribution < 1.29 is 9.21 Å². The molecule has 0 saturated carbocycles. The lowest BCUT2D eigenvalue weighted by Gasteiger charge is -2.03. The fourth-order valence-corrected chi connectivity index (χ4v) is 1.88. The van der Waals surface area contributed by atoms with Gasteiger partial charge in [0, 0.05) is 10.0 Å². The molecule has 0 aliphatic carbocycles. The van der Waals surface area contributed by atoms with Gasteiger partial charge < -0.3 is 9.73 Å². The first-order valence-electron chi connectivity index (χ1n) is 5.24. The maximum Gasteiger partial charge on any atom is 0.251 e. The molecule has 0 aliphatic rings. The molecule has 1 aromatic carbocycles. The molecule has 3 nitrogen and oxygen atoms in total. The van der Waals surface area contributed by atoms with Crippen LogP contribution in [-0.4, -0.2) is 5.91 Å². The average molecular weight is 294 g/mol. The second-order valence-electron chi connectivity index (χ2n) is 3.71. The fraction of sp³-hybridized carbons (Fsp3) is 0.154. The molecule has 2 aromatic rings. The van der Waals surface area contributed by atoms with Crippen LogP contribution in [0.3, 0.4) is 0 Å². The summed E-state index contributed by atoms with van der Waals surface area (Å²) in [6, 6.07) is 11.0. The van der Waals surface area contributed by atoms with E-state index in [1.165, 1.54) is 0 Å². The number of carbonyl (C=O) groups excluding carboxylic acids is 1. The molecule has 0 bridgehead atoms. The average Bonchev–Trinajstić information content (AvgIpc) is 2.72. The van der Waals surface area contributed by atoms with Crippen molar-refractivity contribution in [1.82, 2.24) is 5.32 Å². The van der Waals surface area contributed by atoms with E-state index < -0.39 is 0 Å². The molecule has 0 radical (unpaired) electrons. The third-order valence-electron chi connectivity index (χ3n) is 2.31. The van der Waals surface area contributed by atoms with Crippen molar-refractivity contribution in [1.29, 1.82) is 0 Å². The van der Waals surface area contributed by atoms with E-state index in [1.807, 2.05) is 31.2 Å². The molecule has 0 saturated heterocycles. The summed E-state index contributed by atoms with van der Waals surface area (Å²) in [6.45, 7) is 2.28. The zero-order chi connectivity index (χ0) is 12.3. The van der Waals surface area contributed by atoms with Crippen molar-refractivity contribution in [2.75, 3.05) is 0 Å². The molecule has 0 aliphatic heterocycles. The van der Waals surface area contributed by atoms with Crippen molar-refractivity contribution >= 4 is 21.8 Å². The van der Waals surface area contributed by atoms with Crippen molar-refractivity contribution in [3.05, 3.63) is 58.0 Å². The van der Waals surface area contributed by atoms with Gasteiger partial charge >= 0.3 is 0 Å². The molecular weight excluding hydrogens is 282 g/mol. The Kier molecular flexibility index (Phi) is 3.64. The lowest BCUT2D eigenvalue weighted by atomic mass is 10.2. The molecule has 0 unspecified atom stereocenters. The van der Waals surface area contributed by atoms with Gasteiger partial charge in [-0.2, -0.15) is 0 Å². The number of amides is 1. The van der Waals surface area contributed by atoms with Crippen LogP contribution in [0.15, 0.2) is 45.3 Å². The number of hydrogen-bond acceptors (Lipinski definition) is 2. The Hall–Kier alpha value is -1.55. The summed E-state index contributed by atoms with van der Waals surface area (Å²) in [6.07, 6.45) is 0. The normalized spacial score (nSPS) is 10.2. The van der Waals surface area contributed by atoms with Gasteiger partial charge in [0.25, 0.3) is 5.91 Å². The molecule has 0 atom stereocenters. The van der Waals surface area contributed by atoms with Gasteiger partial charge in [-0.3, -0.25) is 4.79 Å². The largest absolute Gasteiger partial charge is 0.465 e. The summed E-state index contributed by atoms with van der Waals surface area (Å²) >= 11 is 3.33. The number of furan rings is 1. The van der Waals surface area contributed by atoms with Crippen molar-refractivity contribution in [3.8, 4) is 0 Å². The maximum atomic E-state index is 11.8. The molecule has 1 amide bonds. The van der Waals surface area contributed by atoms with Gasteiger partial charge in [0.1, 0.15) is 11.5 Å². The molecule has 88 valence electrons. The summed E-state index contributed by atoms with van der Waals surface area (Å²) in [4.78, 5) is 11.8. The van der Waals surface area contributed by atoms with Crippen LogP contribution in [0.1, 0.15) is 21.9 Å². The first kappa shape index (κ1) is 11.9. The monoisotopic (exact) mass is 293 g/mol. The predicted octanol–water partition coefficient (Wildman–Crippen LogP) is 3.28. The highest BCUT2D eigenvalue weighted by Crippen LogP contribution is 2.12. The van der Waals surface area contributed by atoms with Gasteiger partial charge in [-0.1, -0.05) is 22.0 Å². The third-order valence-corrected chi connectivity index (χ3v) is 2.80. The second kappa shape index (κ2) is 5.19. The number of halogens is 1. The molecule has 1 N–H and O–H groups in total. The zero-order valence-corrected chi connectivity index (χ0v) is 11.0. The minimum atomic E-state index is -0.111. The van der Waals surface area contributed by atoms with Crippen LogP contribution in [0.2, 0.25) is 0 Å². The summed E-state index contributed by atoms with van der Waals surface area (Å²) in [5, 5.41) is 2.80. The first-order chi connectivity index (χ1) is 8.15. The summed E-state index contributed by atoms with van der Waals surface area (Å²) in [5.74, 6) is 1.49. The molecule has 1 heterocycles. The van der Waals surface area contributed by atoms with Crippen molar-refractivity contribution in [2.24, 2.45) is 0 Å². The van der Waals surface area contributed by atoms with E-state index in [4.69, 9.17) is 4.42 Å². The fourth-order valence-electron chi connectivity index (χ4n) is 1.48. The van der Waals surface area contributed by atoms with E-state index in [0.717, 1.165) is 16.0 Å². The number of rotatable bonds is 3. The Bertz CT molecular complexity index is 534. The van der Waals surface area contributed by atoms with Crippen LogP contribution < -0.4 is 5.32 Å². The Labute approximate surface area is 108 Å². The van der Waals surface area contributed by atoms with Crippen LogP contribution in [0.4, 0.5) is 0 Å². The smallest absolute Gasteiger partial charge is 0.251 e. The highest BCUT2D eigenvalue weighted by molar-refractivity contribution is 9.10. The molecule has 1 aromatic heterocycles. The van der Waals surface area contributed by atoms with Crippen LogP contribution >= 0.6 is 15.9 Å². The van der Waals surface area contributed by atoms with E-state index in [-0.39, 0.29) is 5.91 Å². The number of carbonyl (C=O) groups is 1. The van der Waals surface area contributed by atoms with Gasteiger partial charge in [-0.15, -0.1) is 0 Å². The molecule has 2 rings (SSSR count). The Morgan fingerprint density at radius 1 is 1.35 bits per heavy atom. The lowest BCUT2D eigenvalue weighted by Crippen LogP contribution is -2.22. The number of hydrogen-bond donors (Lipinski definition) is 1. The molecule has 0 fully saturated rings. The molecule has 17 heavy (non-hydrogen) atoms. The quantitative estimate of drug-likeness (QED) is 0.944. The molecule has 4 heteroatoms. The molecular formula is C13H12BrNO2. The summed E-state index contributed by atoms with van der Waals surface area (Å²) in [5.41, 5.74) is 0.627. The van der Waals surface area contributed by atoms with Crippen molar-refractivity contribution in [3.63, 3.8) is 0 Å². The van der Waals surface area contributed by atoms with E-state index in [1.54, 1.807) is 12.1 Å². The van der Waals surface area contributed by atoms with Crippen LogP contribution in [0.25, 0.3) is 0 Å². The first-order valence-corrected chi connectivity index (χ1v) is 6.03. The lowest BCUT2D eigenvalue weighted by molar-refractivity contribution is 0.0948. The van der Waals surface area contributed by atoms with Crippen molar-refractivity contribution in [2.45, 2.75) is 13.5 Å². The van der Waals surface area contributed by atoms with E-state index in [2.05, 4.69) is 21.2 Å².